The second-order valence-corrected chi connectivity index (χ2v) is 6.79. The molecular weight excluding hydrogens is 320 g/mol. The predicted octanol–water partition coefficient (Wildman–Crippen LogP) is 5.84. The molecule has 26 heavy (non-hydrogen) atoms. The Kier molecular flexibility index (Phi) is 3.32. The van der Waals surface area contributed by atoms with Gasteiger partial charge >= 0.3 is 5.97 Å². The maximum atomic E-state index is 11.6. The van der Waals surface area contributed by atoms with E-state index in [4.69, 9.17) is 4.74 Å². The van der Waals surface area contributed by atoms with Gasteiger partial charge < -0.3 is 4.74 Å². The molecule has 0 fully saturated rings. The van der Waals surface area contributed by atoms with Crippen LogP contribution in [0, 0.1) is 0 Å². The summed E-state index contributed by atoms with van der Waals surface area (Å²) in [5.41, 5.74) is 1.20. The molecule has 0 saturated carbocycles. The average Bonchev–Trinajstić information content (AvgIpc) is 2.70. The number of hydrogen-bond donors (Lipinski definition) is 0. The van der Waals surface area contributed by atoms with Gasteiger partial charge in [0.15, 0.2) is 0 Å². The first-order chi connectivity index (χ1) is 12.8. The number of ether oxygens (including phenoxy) is 1. The lowest BCUT2D eigenvalue weighted by molar-refractivity contribution is -0.140. The van der Waals surface area contributed by atoms with Crippen molar-refractivity contribution < 1.29 is 9.53 Å². The van der Waals surface area contributed by atoms with Gasteiger partial charge in [-0.15, -0.1) is 0 Å². The molecule has 2 nitrogen and oxygen atoms in total. The lowest BCUT2D eigenvalue weighted by Gasteiger charge is -2.16. The van der Waals surface area contributed by atoms with Crippen LogP contribution in [0.4, 0.5) is 0 Å². The van der Waals surface area contributed by atoms with Gasteiger partial charge in [0.05, 0.1) is 7.11 Å². The quantitative estimate of drug-likeness (QED) is 0.234. The van der Waals surface area contributed by atoms with Crippen molar-refractivity contribution in [3.63, 3.8) is 0 Å². The molecular formula is C24H18O2. The molecule has 0 N–H and O–H groups in total. The van der Waals surface area contributed by atoms with Crippen molar-refractivity contribution in [3.8, 4) is 0 Å². The van der Waals surface area contributed by atoms with Gasteiger partial charge in [0.1, 0.15) is 0 Å². The SMILES string of the molecule is COC(=O)CCc1ccc2c3cccc4cccc(c5cccc1c52)c43. The standard InChI is InChI=1S/C24H18O2/c1-26-22(25)14-12-15-11-13-21-19-9-3-6-16-5-2-8-18(23(16)19)20-10-4-7-17(15)24(20)21/h2-11,13H,12,14H2,1H3. The zero-order valence-electron chi connectivity index (χ0n) is 14.6. The van der Waals surface area contributed by atoms with Crippen LogP contribution < -0.4 is 0 Å². The van der Waals surface area contributed by atoms with Crippen LogP contribution >= 0.6 is 0 Å². The normalized spacial score (nSPS) is 11.7. The molecule has 5 aromatic carbocycles. The number of carbonyl (C=O) groups excluding carboxylic acids is 1. The first kappa shape index (κ1) is 15.2. The number of esters is 1. The van der Waals surface area contributed by atoms with Crippen LogP contribution in [-0.2, 0) is 16.0 Å². The summed E-state index contributed by atoms with van der Waals surface area (Å²) in [5, 5.41) is 10.3. The van der Waals surface area contributed by atoms with Gasteiger partial charge in [0.25, 0.3) is 0 Å². The van der Waals surface area contributed by atoms with Gasteiger partial charge in [0.2, 0.25) is 0 Å². The van der Waals surface area contributed by atoms with E-state index >= 15 is 0 Å². The fourth-order valence-electron chi connectivity index (χ4n) is 4.26. The van der Waals surface area contributed by atoms with E-state index in [-0.39, 0.29) is 5.97 Å². The maximum Gasteiger partial charge on any atom is 0.305 e. The Morgan fingerprint density at radius 2 is 1.31 bits per heavy atom. The van der Waals surface area contributed by atoms with Gasteiger partial charge in [-0.3, -0.25) is 4.79 Å². The molecule has 0 aliphatic carbocycles. The smallest absolute Gasteiger partial charge is 0.305 e. The number of rotatable bonds is 3. The predicted molar refractivity (Wildman–Crippen MR) is 108 cm³/mol. The highest BCUT2D eigenvalue weighted by molar-refractivity contribution is 6.33. The fraction of sp³-hybridized carbons (Fsp3) is 0.125. The molecule has 0 spiro atoms. The van der Waals surface area contributed by atoms with Crippen molar-refractivity contribution in [3.05, 3.63) is 72.3 Å². The number of hydrogen-bond acceptors (Lipinski definition) is 2. The Balaban J connectivity index is 1.89. The van der Waals surface area contributed by atoms with E-state index < -0.39 is 0 Å². The van der Waals surface area contributed by atoms with Crippen LogP contribution in [0.2, 0.25) is 0 Å². The lowest BCUT2D eigenvalue weighted by Crippen LogP contribution is -2.02. The Bertz CT molecular complexity index is 1230. The van der Waals surface area contributed by atoms with Crippen LogP contribution in [-0.4, -0.2) is 13.1 Å². The summed E-state index contributed by atoms with van der Waals surface area (Å²) < 4.78 is 4.81. The Hall–Kier alpha value is -3.13. The summed E-state index contributed by atoms with van der Waals surface area (Å²) in [6.07, 6.45) is 1.10. The van der Waals surface area contributed by atoms with Gasteiger partial charge in [-0.25, -0.2) is 0 Å². The van der Waals surface area contributed by atoms with Crippen molar-refractivity contribution in [1.82, 2.24) is 0 Å². The minimum atomic E-state index is -0.166. The Morgan fingerprint density at radius 1 is 0.731 bits per heavy atom. The van der Waals surface area contributed by atoms with Crippen molar-refractivity contribution in [2.75, 3.05) is 7.11 Å². The Morgan fingerprint density at radius 3 is 2.00 bits per heavy atom. The third-order valence-electron chi connectivity index (χ3n) is 5.44. The topological polar surface area (TPSA) is 26.3 Å². The van der Waals surface area contributed by atoms with E-state index in [0.717, 1.165) is 0 Å². The molecule has 0 aliphatic heterocycles. The summed E-state index contributed by atoms with van der Waals surface area (Å²) >= 11 is 0. The molecule has 0 radical (unpaired) electrons. The highest BCUT2D eigenvalue weighted by Crippen LogP contribution is 2.40. The zero-order valence-corrected chi connectivity index (χ0v) is 14.6. The molecule has 0 aromatic heterocycles. The minimum absolute atomic E-state index is 0.166. The minimum Gasteiger partial charge on any atom is -0.469 e. The van der Waals surface area contributed by atoms with Gasteiger partial charge in [-0.05, 0) is 55.1 Å². The molecule has 0 saturated heterocycles. The van der Waals surface area contributed by atoms with Crippen LogP contribution in [0.5, 0.6) is 0 Å². The van der Waals surface area contributed by atoms with E-state index in [1.165, 1.54) is 55.8 Å². The van der Waals surface area contributed by atoms with E-state index in [2.05, 4.69) is 66.7 Å². The summed E-state index contributed by atoms with van der Waals surface area (Å²) in [5.74, 6) is -0.166. The summed E-state index contributed by atoms with van der Waals surface area (Å²) in [6.45, 7) is 0. The molecule has 5 rings (SSSR count). The number of benzene rings is 5. The molecule has 0 bridgehead atoms. The average molecular weight is 338 g/mol. The van der Waals surface area contributed by atoms with Crippen molar-refractivity contribution >= 4 is 49.1 Å². The zero-order chi connectivity index (χ0) is 17.7. The molecule has 2 heteroatoms. The molecule has 0 amide bonds. The third-order valence-corrected chi connectivity index (χ3v) is 5.44. The Labute approximate surface area is 151 Å². The second-order valence-electron chi connectivity index (χ2n) is 6.79. The third kappa shape index (κ3) is 2.08. The van der Waals surface area contributed by atoms with Crippen LogP contribution in [0.3, 0.4) is 0 Å². The van der Waals surface area contributed by atoms with Crippen LogP contribution in [0.1, 0.15) is 12.0 Å². The summed E-state index contributed by atoms with van der Waals surface area (Å²) in [4.78, 5) is 11.6. The molecule has 0 heterocycles. The van der Waals surface area contributed by atoms with E-state index in [0.29, 0.717) is 12.8 Å². The summed E-state index contributed by atoms with van der Waals surface area (Å²) in [7, 11) is 1.44. The fourth-order valence-corrected chi connectivity index (χ4v) is 4.26. The molecule has 5 aromatic rings. The van der Waals surface area contributed by atoms with Crippen molar-refractivity contribution in [2.24, 2.45) is 0 Å². The van der Waals surface area contributed by atoms with E-state index in [9.17, 15) is 4.79 Å². The largest absolute Gasteiger partial charge is 0.469 e. The van der Waals surface area contributed by atoms with Crippen molar-refractivity contribution in [2.45, 2.75) is 12.8 Å². The second kappa shape index (κ2) is 5.70. The highest BCUT2D eigenvalue weighted by Gasteiger charge is 2.14. The number of methoxy groups -OCH3 is 1. The van der Waals surface area contributed by atoms with E-state index in [1.54, 1.807) is 0 Å². The van der Waals surface area contributed by atoms with Crippen molar-refractivity contribution in [1.29, 1.82) is 0 Å². The number of fused-ring (bicyclic) bond motifs is 2. The monoisotopic (exact) mass is 338 g/mol. The van der Waals surface area contributed by atoms with Gasteiger partial charge in [0, 0.05) is 6.42 Å². The number of aryl methyl sites for hydroxylation is 1. The first-order valence-corrected chi connectivity index (χ1v) is 8.92. The van der Waals surface area contributed by atoms with Gasteiger partial charge in [-0.1, -0.05) is 66.7 Å². The molecule has 0 atom stereocenters. The molecule has 0 unspecified atom stereocenters. The first-order valence-electron chi connectivity index (χ1n) is 8.92. The van der Waals surface area contributed by atoms with Crippen LogP contribution in [0.15, 0.2) is 66.7 Å². The highest BCUT2D eigenvalue weighted by atomic mass is 16.5. The molecule has 0 aliphatic rings. The molecule has 126 valence electrons. The number of carbonyl (C=O) groups is 1. The van der Waals surface area contributed by atoms with Crippen LogP contribution in [0.25, 0.3) is 43.1 Å². The lowest BCUT2D eigenvalue weighted by atomic mass is 9.88. The van der Waals surface area contributed by atoms with E-state index in [1.807, 2.05) is 0 Å². The summed E-state index contributed by atoms with van der Waals surface area (Å²) in [6, 6.07) is 23.9. The maximum absolute atomic E-state index is 11.6. The van der Waals surface area contributed by atoms with Gasteiger partial charge in [-0.2, -0.15) is 0 Å².